The molecule has 0 aliphatic carbocycles. The zero-order valence-corrected chi connectivity index (χ0v) is 33.9. The molecule has 48 heavy (non-hydrogen) atoms. The van der Waals surface area contributed by atoms with E-state index in [0.717, 1.165) is 82.0 Å². The molecule has 0 fully saturated rings. The molecule has 0 atom stereocenters. The number of unbranched alkanes of at least 4 members (excludes halogenated alkanes) is 4. The SMILES string of the molecule is CCCCCC1=C(c2cc(CCC)c(CCCC)c(CCC)c2)[N+](=[N-])C(c2cc(CCC)c(CCCC)c(CCC)c2)=C1CC.[CH3][Ni][CH3]. The monoisotopic (exact) mass is 699 g/mol. The van der Waals surface area contributed by atoms with Gasteiger partial charge in [-0.05, 0) is 128 Å². The zero-order chi connectivity index (χ0) is 35.5. The summed E-state index contributed by atoms with van der Waals surface area (Å²) < 4.78 is 1.64. The molecular weight excluding hydrogens is 627 g/mol. The van der Waals surface area contributed by atoms with Gasteiger partial charge < -0.3 is 5.53 Å². The predicted octanol–water partition coefficient (Wildman–Crippen LogP) is 14.5. The van der Waals surface area contributed by atoms with Crippen molar-refractivity contribution in [2.75, 3.05) is 0 Å². The van der Waals surface area contributed by atoms with Crippen molar-refractivity contribution in [3.63, 3.8) is 0 Å². The Morgan fingerprint density at radius 2 is 0.812 bits per heavy atom. The molecule has 272 valence electrons. The molecule has 0 unspecified atom stereocenters. The van der Waals surface area contributed by atoms with Crippen molar-refractivity contribution in [3.05, 3.63) is 85.5 Å². The van der Waals surface area contributed by atoms with Crippen LogP contribution in [0.4, 0.5) is 0 Å². The topological polar surface area (TPSA) is 25.3 Å². The normalized spacial score (nSPS) is 13.2. The molecule has 1 aliphatic heterocycles. The molecule has 0 amide bonds. The summed E-state index contributed by atoms with van der Waals surface area (Å²) in [6.45, 7) is 18.4. The molecule has 0 spiro atoms. The van der Waals surface area contributed by atoms with Gasteiger partial charge in [0.2, 0.25) is 11.4 Å². The average molecular weight is 700 g/mol. The van der Waals surface area contributed by atoms with Crippen molar-refractivity contribution >= 4 is 11.4 Å². The number of hydrogen-bond acceptors (Lipinski definition) is 0. The average Bonchev–Trinajstić information content (AvgIpc) is 3.35. The Bertz CT molecular complexity index is 1290. The van der Waals surface area contributed by atoms with Crippen molar-refractivity contribution in [1.29, 1.82) is 0 Å². The van der Waals surface area contributed by atoms with Crippen LogP contribution in [0.3, 0.4) is 0 Å². The van der Waals surface area contributed by atoms with E-state index in [1.807, 2.05) is 0 Å². The van der Waals surface area contributed by atoms with E-state index in [0.29, 0.717) is 0 Å². The molecule has 0 radical (unpaired) electrons. The van der Waals surface area contributed by atoms with E-state index >= 15 is 0 Å². The second kappa shape index (κ2) is 23.4. The van der Waals surface area contributed by atoms with Crippen LogP contribution in [0.25, 0.3) is 16.9 Å². The first kappa shape index (κ1) is 42.2. The Morgan fingerprint density at radius 3 is 1.12 bits per heavy atom. The number of nitrogens with zero attached hydrogens (tertiary/aromatic N) is 2. The van der Waals surface area contributed by atoms with Crippen LogP contribution in [0, 0.1) is 0 Å². The van der Waals surface area contributed by atoms with Crippen LogP contribution in [0.1, 0.15) is 183 Å². The number of hydrogen-bond donors (Lipinski definition) is 0. The van der Waals surface area contributed by atoms with Crippen LogP contribution >= 0.6 is 0 Å². The van der Waals surface area contributed by atoms with Crippen molar-refractivity contribution in [3.8, 4) is 0 Å². The summed E-state index contributed by atoms with van der Waals surface area (Å²) in [5.74, 6) is 4.12. The van der Waals surface area contributed by atoms with Crippen LogP contribution in [0.2, 0.25) is 11.8 Å². The predicted molar refractivity (Wildman–Crippen MR) is 210 cm³/mol. The molecule has 0 N–H and O–H groups in total. The zero-order valence-electron chi connectivity index (χ0n) is 33.0. The van der Waals surface area contributed by atoms with Crippen molar-refractivity contribution in [2.45, 2.75) is 189 Å². The van der Waals surface area contributed by atoms with Gasteiger partial charge in [0, 0.05) is 22.3 Å². The molecule has 0 saturated heterocycles. The first-order valence-corrected chi connectivity index (χ1v) is 21.8. The molecule has 1 aliphatic rings. The van der Waals surface area contributed by atoms with Crippen LogP contribution in [0.5, 0.6) is 0 Å². The minimum atomic E-state index is 0.930. The molecule has 3 rings (SSSR count). The summed E-state index contributed by atoms with van der Waals surface area (Å²) in [5.41, 5.74) is 28.8. The minimum absolute atomic E-state index is 0.930. The van der Waals surface area contributed by atoms with Crippen molar-refractivity contribution < 1.29 is 19.1 Å². The van der Waals surface area contributed by atoms with E-state index in [4.69, 9.17) is 0 Å². The number of benzene rings is 2. The second-order valence-electron chi connectivity index (χ2n) is 13.8. The molecule has 0 bridgehead atoms. The molecule has 0 aromatic heterocycles. The maximum absolute atomic E-state index is 12.4. The van der Waals surface area contributed by atoms with Gasteiger partial charge in [-0.1, -0.05) is 107 Å². The third-order valence-electron chi connectivity index (χ3n) is 9.80. The summed E-state index contributed by atoms with van der Waals surface area (Å²) in [5, 5.41) is 0. The van der Waals surface area contributed by atoms with Gasteiger partial charge in [-0.15, -0.1) is 0 Å². The van der Waals surface area contributed by atoms with Gasteiger partial charge in [0.05, 0.1) is 0 Å². The van der Waals surface area contributed by atoms with E-state index in [-0.39, 0.29) is 0 Å². The third-order valence-corrected chi connectivity index (χ3v) is 9.80. The van der Waals surface area contributed by atoms with E-state index < -0.39 is 0 Å². The van der Waals surface area contributed by atoms with Gasteiger partial charge in [-0.25, -0.2) is 4.70 Å². The Kier molecular flexibility index (Phi) is 20.6. The quantitative estimate of drug-likeness (QED) is 0.0704. The molecule has 2 aromatic carbocycles. The molecule has 2 aromatic rings. The van der Waals surface area contributed by atoms with E-state index in [1.165, 1.54) is 95.9 Å². The summed E-state index contributed by atoms with van der Waals surface area (Å²) in [6.07, 6.45) is 21.8. The molecule has 2 nitrogen and oxygen atoms in total. The summed E-state index contributed by atoms with van der Waals surface area (Å²) >= 11 is 1.62. The molecule has 1 heterocycles. The number of aryl methyl sites for hydroxylation is 4. The first-order valence-electron chi connectivity index (χ1n) is 19.8. The van der Waals surface area contributed by atoms with Gasteiger partial charge >= 0.3 is 26.2 Å². The third kappa shape index (κ3) is 11.3. The fourth-order valence-corrected chi connectivity index (χ4v) is 7.64. The summed E-state index contributed by atoms with van der Waals surface area (Å²) in [4.78, 5) is 0. The van der Waals surface area contributed by atoms with Gasteiger partial charge in [0.25, 0.3) is 0 Å². The maximum atomic E-state index is 12.4. The molecule has 3 heteroatoms. The Balaban J connectivity index is 0.00000257. The van der Waals surface area contributed by atoms with Crippen LogP contribution in [0.15, 0.2) is 35.4 Å². The number of allylic oxidation sites excluding steroid dienone is 2. The van der Waals surface area contributed by atoms with E-state index in [9.17, 15) is 5.53 Å². The van der Waals surface area contributed by atoms with Crippen molar-refractivity contribution in [1.82, 2.24) is 0 Å². The van der Waals surface area contributed by atoms with Gasteiger partial charge in [0.15, 0.2) is 0 Å². The van der Waals surface area contributed by atoms with Crippen molar-refractivity contribution in [2.24, 2.45) is 0 Å². The van der Waals surface area contributed by atoms with Gasteiger partial charge in [-0.2, -0.15) is 0 Å². The Morgan fingerprint density at radius 1 is 0.458 bits per heavy atom. The fourth-order valence-electron chi connectivity index (χ4n) is 7.64. The first-order chi connectivity index (χ1) is 23.3. The second-order valence-corrected chi connectivity index (χ2v) is 14.8. The Labute approximate surface area is 304 Å². The molecular formula is C45H72N2Ni. The molecule has 0 saturated carbocycles. The number of rotatable bonds is 21. The summed E-state index contributed by atoms with van der Waals surface area (Å²) in [6, 6.07) is 9.82. The Hall–Kier alpha value is -1.99. The van der Waals surface area contributed by atoms with Crippen LogP contribution in [-0.4, -0.2) is 4.70 Å². The fraction of sp³-hybridized carbons (Fsp3) is 0.644. The summed E-state index contributed by atoms with van der Waals surface area (Å²) in [7, 11) is 0. The van der Waals surface area contributed by atoms with Crippen LogP contribution < -0.4 is 0 Å². The standard InChI is InChI=1S/C43H66N2.2CH3.Ni/c1-9-17-20-27-41-38(16-8)42(36-28-32(21-12-4)39(25-18-10-2)33(29-36)22-13-5)45(44)43(41)37-30-34(23-14-6)40(26-19-11-3)35(31-37)24-15-7;;;/h28-31H,9-27H2,1-8H3;2*1H3;. The van der Waals surface area contributed by atoms with E-state index in [1.54, 1.807) is 30.3 Å². The van der Waals surface area contributed by atoms with Gasteiger partial charge in [-0.3, -0.25) is 0 Å². The van der Waals surface area contributed by atoms with Gasteiger partial charge in [0.1, 0.15) is 0 Å². The van der Waals surface area contributed by atoms with E-state index in [2.05, 4.69) is 91.4 Å². The van der Waals surface area contributed by atoms with Crippen LogP contribution in [-0.2, 0) is 53.0 Å².